The summed E-state index contributed by atoms with van der Waals surface area (Å²) in [6.45, 7) is 20.9. The van der Waals surface area contributed by atoms with Gasteiger partial charge in [0.2, 0.25) is 0 Å². The molecular formula is C6H4FeO5. The van der Waals surface area contributed by atoms with Crippen LogP contribution in [-0.4, -0.2) is 32.3 Å². The molecule has 0 aliphatic carbocycles. The minimum atomic E-state index is 0. The Bertz CT molecular complexity index is 45.2. The van der Waals surface area contributed by atoms with E-state index in [1.807, 2.05) is 0 Å². The van der Waals surface area contributed by atoms with Crippen molar-refractivity contribution < 1.29 is 41.4 Å². The van der Waals surface area contributed by atoms with E-state index in [4.69, 9.17) is 24.3 Å². The molecule has 0 saturated heterocycles. The summed E-state index contributed by atoms with van der Waals surface area (Å²) in [5.41, 5.74) is 0. The van der Waals surface area contributed by atoms with E-state index >= 15 is 0 Å². The van der Waals surface area contributed by atoms with Crippen LogP contribution >= 0.6 is 0 Å². The molecule has 8 radical (unpaired) electrons. The van der Waals surface area contributed by atoms with Crippen molar-refractivity contribution in [3.8, 4) is 0 Å². The van der Waals surface area contributed by atoms with E-state index in [1.165, 1.54) is 0 Å². The van der Waals surface area contributed by atoms with Crippen LogP contribution in [0.15, 0.2) is 12.8 Å². The summed E-state index contributed by atoms with van der Waals surface area (Å²) >= 11 is 0. The van der Waals surface area contributed by atoms with Crippen LogP contribution in [0.4, 0.5) is 0 Å². The molecular weight excluding hydrogens is 208 g/mol. The first kappa shape index (κ1) is 45.4. The Balaban J connectivity index is -0.00000000933. The maximum absolute atomic E-state index is 7.50. The van der Waals surface area contributed by atoms with E-state index in [2.05, 4.69) is 33.7 Å². The molecule has 0 amide bonds. The third kappa shape index (κ3) is 329. The Hall–Kier alpha value is -1.26. The maximum atomic E-state index is 7.50. The minimum Gasteiger partial charge on any atom is -0.516 e. The summed E-state index contributed by atoms with van der Waals surface area (Å²) in [5, 5.41) is 7.33. The van der Waals surface area contributed by atoms with Gasteiger partial charge in [-0.1, -0.05) is 6.58 Å². The molecule has 0 bridgehead atoms. The van der Waals surface area contributed by atoms with Crippen LogP contribution < -0.4 is 0 Å². The monoisotopic (exact) mass is 212 g/mol. The molecule has 0 spiro atoms. The number of rotatable bonds is 0. The molecule has 12 heavy (non-hydrogen) atoms. The average molecular weight is 212 g/mol. The summed E-state index contributed by atoms with van der Waals surface area (Å²) in [6.07, 6.45) is 0.750. The van der Waals surface area contributed by atoms with Crippen molar-refractivity contribution in [3.63, 3.8) is 0 Å². The Morgan fingerprint density at radius 3 is 0.833 bits per heavy atom. The number of hydrogen-bond donors (Lipinski definition) is 1. The first-order chi connectivity index (χ1) is 5.41. The van der Waals surface area contributed by atoms with Crippen molar-refractivity contribution in [2.45, 2.75) is 0 Å². The second-order valence-corrected chi connectivity index (χ2v) is 0.183. The summed E-state index contributed by atoms with van der Waals surface area (Å²) in [4.78, 5) is 30.0. The Morgan fingerprint density at radius 2 is 0.833 bits per heavy atom. The largest absolute Gasteiger partial charge is 0.516 e. The predicted molar refractivity (Wildman–Crippen MR) is 35.6 cm³/mol. The van der Waals surface area contributed by atoms with E-state index in [1.54, 1.807) is 0 Å². The fourth-order valence-corrected chi connectivity index (χ4v) is 0. The van der Waals surface area contributed by atoms with Crippen LogP contribution in [0.5, 0.6) is 0 Å². The van der Waals surface area contributed by atoms with Crippen molar-refractivity contribution >= 4 is 27.2 Å². The normalized spacial score (nSPS) is 2.33. The van der Waals surface area contributed by atoms with Gasteiger partial charge >= 0.3 is 0 Å². The Morgan fingerprint density at radius 1 is 0.833 bits per heavy atom. The third-order valence-electron chi connectivity index (χ3n) is 0. The fourth-order valence-electron chi connectivity index (χ4n) is 0. The second kappa shape index (κ2) is 11000. The van der Waals surface area contributed by atoms with Crippen LogP contribution in [0.2, 0.25) is 0 Å². The van der Waals surface area contributed by atoms with E-state index in [9.17, 15) is 0 Å². The summed E-state index contributed by atoms with van der Waals surface area (Å²) in [5.74, 6) is 0. The number of aliphatic hydroxyl groups excluding tert-OH is 1. The zero-order valence-electron chi connectivity index (χ0n) is 5.72. The average Bonchev–Trinajstić information content (AvgIpc) is 2.18. The molecule has 1 N–H and O–H groups in total. The molecule has 0 heterocycles. The van der Waals surface area contributed by atoms with Gasteiger partial charge in [0.15, 0.2) is 0 Å². The summed E-state index contributed by atoms with van der Waals surface area (Å²) < 4.78 is 0. The van der Waals surface area contributed by atoms with Gasteiger partial charge in [0.1, 0.15) is 0 Å². The second-order valence-electron chi connectivity index (χ2n) is 0.183. The molecule has 0 rings (SSSR count). The van der Waals surface area contributed by atoms with Gasteiger partial charge < -0.3 is 5.11 Å². The summed E-state index contributed by atoms with van der Waals surface area (Å²) in [6, 6.07) is 0. The molecule has 66 valence electrons. The van der Waals surface area contributed by atoms with Gasteiger partial charge in [-0.15, -0.1) is 0 Å². The quantitative estimate of drug-likeness (QED) is 0.415. The van der Waals surface area contributed by atoms with Gasteiger partial charge in [0, 0.05) is 17.1 Å². The number of carbonyl (C=O) groups excluding carboxylic acids is 4. The molecule has 0 atom stereocenters. The number of hydrogen-bond acceptors (Lipinski definition) is 5. The molecule has 6 heteroatoms. The third-order valence-corrected chi connectivity index (χ3v) is 0. The van der Waals surface area contributed by atoms with Gasteiger partial charge in [0.05, 0.1) is 6.26 Å². The molecule has 0 saturated carbocycles. The van der Waals surface area contributed by atoms with E-state index in [0.717, 1.165) is 6.26 Å². The van der Waals surface area contributed by atoms with Gasteiger partial charge in [0.25, 0.3) is 27.2 Å². The molecule has 0 aliphatic rings. The SMILES string of the molecule is C=CO.[C]=O.[C]=O.[C]=O.[C]=O.[Fe]. The molecule has 0 aromatic rings. The van der Waals surface area contributed by atoms with Crippen molar-refractivity contribution in [2.75, 3.05) is 0 Å². The first-order valence-electron chi connectivity index (χ1n) is 1.48. The Kier molecular flexibility index (Phi) is 41400. The minimum absolute atomic E-state index is 0. The van der Waals surface area contributed by atoms with E-state index in [0.29, 0.717) is 0 Å². The molecule has 5 nitrogen and oxygen atoms in total. The summed E-state index contributed by atoms with van der Waals surface area (Å²) in [7, 11) is 0. The van der Waals surface area contributed by atoms with Crippen LogP contribution in [0.25, 0.3) is 0 Å². The van der Waals surface area contributed by atoms with Crippen LogP contribution in [0.1, 0.15) is 0 Å². The smallest absolute Gasteiger partial charge is 0.281 e. The van der Waals surface area contributed by atoms with Crippen molar-refractivity contribution in [1.82, 2.24) is 0 Å². The van der Waals surface area contributed by atoms with Gasteiger partial charge in [-0.3, -0.25) is 19.2 Å². The Labute approximate surface area is 81.9 Å². The van der Waals surface area contributed by atoms with Crippen LogP contribution in [-0.2, 0) is 36.2 Å². The molecule has 0 aliphatic heterocycles. The number of aliphatic hydroxyl groups is 1. The molecule has 0 aromatic carbocycles. The fraction of sp³-hybridized carbons (Fsp3) is 0. The topological polar surface area (TPSA) is 88.5 Å². The van der Waals surface area contributed by atoms with Crippen LogP contribution in [0, 0.1) is 0 Å². The van der Waals surface area contributed by atoms with Gasteiger partial charge in [-0.2, -0.15) is 0 Å². The van der Waals surface area contributed by atoms with Crippen LogP contribution in [0.3, 0.4) is 0 Å². The van der Waals surface area contributed by atoms with Gasteiger partial charge in [-0.05, 0) is 0 Å². The molecule has 0 fully saturated rings. The van der Waals surface area contributed by atoms with Crippen molar-refractivity contribution in [3.05, 3.63) is 12.8 Å². The van der Waals surface area contributed by atoms with Crippen molar-refractivity contribution in [2.24, 2.45) is 0 Å². The standard InChI is InChI=1S/C2H4O.4CO.Fe/c1-2-3;4*1-2;/h2-3H,1H2;;;;;. The predicted octanol–water partition coefficient (Wildman–Crippen LogP) is -0.903. The maximum Gasteiger partial charge on any atom is 0.281 e. The van der Waals surface area contributed by atoms with Crippen molar-refractivity contribution in [1.29, 1.82) is 0 Å². The van der Waals surface area contributed by atoms with E-state index < -0.39 is 0 Å². The first-order valence-corrected chi connectivity index (χ1v) is 1.48. The van der Waals surface area contributed by atoms with E-state index in [-0.39, 0.29) is 17.1 Å². The molecule has 0 unspecified atom stereocenters. The zero-order chi connectivity index (χ0) is 10.7. The molecule has 0 aromatic heterocycles. The zero-order valence-corrected chi connectivity index (χ0v) is 6.82. The van der Waals surface area contributed by atoms with Gasteiger partial charge in [-0.25, -0.2) is 0 Å².